The van der Waals surface area contributed by atoms with Crippen molar-refractivity contribution >= 4 is 28.0 Å². The molecule has 2 atom stereocenters. The van der Waals surface area contributed by atoms with Crippen molar-refractivity contribution in [3.8, 4) is 0 Å². The van der Waals surface area contributed by atoms with Gasteiger partial charge in [-0.25, -0.2) is 0 Å². The van der Waals surface area contributed by atoms with Gasteiger partial charge in [0, 0.05) is 4.47 Å². The first kappa shape index (κ1) is 17.4. The maximum atomic E-state index is 12.2. The smallest absolute Gasteiger partial charge is 0.315 e. The van der Waals surface area contributed by atoms with Gasteiger partial charge in [-0.3, -0.25) is 4.79 Å². The Balaban J connectivity index is 2.24. The molecule has 3 nitrogen and oxygen atoms in total. The molecule has 23 heavy (non-hydrogen) atoms. The van der Waals surface area contributed by atoms with E-state index in [1.165, 1.54) is 0 Å². The van der Waals surface area contributed by atoms with Crippen LogP contribution in [0.3, 0.4) is 0 Å². The lowest BCUT2D eigenvalue weighted by molar-refractivity contribution is -0.149. The van der Waals surface area contributed by atoms with Crippen LogP contribution in [-0.2, 0) is 9.53 Å². The van der Waals surface area contributed by atoms with Crippen LogP contribution in [-0.4, -0.2) is 17.7 Å². The highest BCUT2D eigenvalue weighted by atomic mass is 79.9. The van der Waals surface area contributed by atoms with E-state index in [1.54, 1.807) is 25.1 Å². The minimum Gasteiger partial charge on any atom is -0.465 e. The fourth-order valence-electron chi connectivity index (χ4n) is 2.20. The van der Waals surface area contributed by atoms with Gasteiger partial charge in [0.15, 0.2) is 0 Å². The zero-order valence-corrected chi connectivity index (χ0v) is 14.4. The first-order valence-corrected chi connectivity index (χ1v) is 8.24. The van der Waals surface area contributed by atoms with Gasteiger partial charge in [-0.15, -0.1) is 0 Å². The van der Waals surface area contributed by atoms with E-state index in [0.717, 1.165) is 10.0 Å². The SMILES string of the molecule is CCOC(=O)[C@H](/C=C/c1ccccc1)[C@@H](O)c1ccc(Br)cc1. The normalized spacial score (nSPS) is 13.7. The largest absolute Gasteiger partial charge is 0.465 e. The summed E-state index contributed by atoms with van der Waals surface area (Å²) in [6.45, 7) is 2.03. The zero-order valence-electron chi connectivity index (χ0n) is 12.9. The quantitative estimate of drug-likeness (QED) is 0.763. The van der Waals surface area contributed by atoms with E-state index in [0.29, 0.717) is 5.56 Å². The molecule has 1 N–H and O–H groups in total. The summed E-state index contributed by atoms with van der Waals surface area (Å²) >= 11 is 3.36. The predicted octanol–water partition coefficient (Wildman–Crippen LogP) is 4.38. The number of aliphatic hydroxyl groups is 1. The first-order chi connectivity index (χ1) is 11.1. The second-order valence-electron chi connectivity index (χ2n) is 5.04. The van der Waals surface area contributed by atoms with Crippen molar-refractivity contribution in [2.75, 3.05) is 6.61 Å². The van der Waals surface area contributed by atoms with E-state index in [1.807, 2.05) is 48.5 Å². The lowest BCUT2D eigenvalue weighted by Gasteiger charge is -2.19. The number of aliphatic hydroxyl groups excluding tert-OH is 1. The Morgan fingerprint density at radius 3 is 2.43 bits per heavy atom. The monoisotopic (exact) mass is 374 g/mol. The zero-order chi connectivity index (χ0) is 16.7. The second-order valence-corrected chi connectivity index (χ2v) is 5.96. The molecule has 0 saturated carbocycles. The molecule has 0 aliphatic carbocycles. The van der Waals surface area contributed by atoms with Crippen LogP contribution in [0.5, 0.6) is 0 Å². The lowest BCUT2D eigenvalue weighted by atomic mass is 9.94. The van der Waals surface area contributed by atoms with Crippen molar-refractivity contribution in [2.45, 2.75) is 13.0 Å². The predicted molar refractivity (Wildman–Crippen MR) is 94.7 cm³/mol. The van der Waals surface area contributed by atoms with Crippen LogP contribution in [0.4, 0.5) is 0 Å². The maximum absolute atomic E-state index is 12.2. The van der Waals surface area contributed by atoms with Gasteiger partial charge in [-0.1, -0.05) is 70.5 Å². The van der Waals surface area contributed by atoms with Crippen molar-refractivity contribution in [1.82, 2.24) is 0 Å². The van der Waals surface area contributed by atoms with E-state index >= 15 is 0 Å². The van der Waals surface area contributed by atoms with E-state index in [-0.39, 0.29) is 6.61 Å². The molecule has 0 amide bonds. The second kappa shape index (κ2) is 8.65. The van der Waals surface area contributed by atoms with Crippen LogP contribution >= 0.6 is 15.9 Å². The molecule has 0 aliphatic heterocycles. The number of benzene rings is 2. The van der Waals surface area contributed by atoms with Gasteiger partial charge in [0.05, 0.1) is 12.7 Å². The third-order valence-electron chi connectivity index (χ3n) is 3.41. The lowest BCUT2D eigenvalue weighted by Crippen LogP contribution is -2.23. The molecule has 0 bridgehead atoms. The van der Waals surface area contributed by atoms with Crippen molar-refractivity contribution in [1.29, 1.82) is 0 Å². The number of carbonyl (C=O) groups is 1. The van der Waals surface area contributed by atoms with Crippen LogP contribution in [0.1, 0.15) is 24.2 Å². The molecule has 120 valence electrons. The van der Waals surface area contributed by atoms with E-state index in [4.69, 9.17) is 4.74 Å². The summed E-state index contributed by atoms with van der Waals surface area (Å²) in [5, 5.41) is 10.6. The average Bonchev–Trinajstić information content (AvgIpc) is 2.56. The standard InChI is InChI=1S/C19H19BrO3/c1-2-23-19(22)17(13-8-14-6-4-3-5-7-14)18(21)15-9-11-16(20)12-10-15/h3-13,17-18,21H,2H2,1H3/b13-8+/t17-,18+/m1/s1. The summed E-state index contributed by atoms with van der Waals surface area (Å²) in [4.78, 5) is 12.2. The molecule has 0 spiro atoms. The van der Waals surface area contributed by atoms with Gasteiger partial charge in [-0.2, -0.15) is 0 Å². The fraction of sp³-hybridized carbons (Fsp3) is 0.211. The van der Waals surface area contributed by atoms with Crippen LogP contribution in [0, 0.1) is 5.92 Å². The van der Waals surface area contributed by atoms with Gasteiger partial charge < -0.3 is 9.84 Å². The summed E-state index contributed by atoms with van der Waals surface area (Å²) in [6.07, 6.45) is 2.56. The highest BCUT2D eigenvalue weighted by molar-refractivity contribution is 9.10. The molecule has 0 heterocycles. The van der Waals surface area contributed by atoms with Gasteiger partial charge in [-0.05, 0) is 30.2 Å². The number of hydrogen-bond acceptors (Lipinski definition) is 3. The molecule has 4 heteroatoms. The Hall–Kier alpha value is -1.91. The van der Waals surface area contributed by atoms with Crippen LogP contribution in [0.25, 0.3) is 6.08 Å². The Kier molecular flexibility index (Phi) is 6.56. The number of ether oxygens (including phenoxy) is 1. The fourth-order valence-corrected chi connectivity index (χ4v) is 2.46. The van der Waals surface area contributed by atoms with E-state index in [2.05, 4.69) is 15.9 Å². The van der Waals surface area contributed by atoms with E-state index < -0.39 is 18.0 Å². The highest BCUT2D eigenvalue weighted by Gasteiger charge is 2.26. The highest BCUT2D eigenvalue weighted by Crippen LogP contribution is 2.26. The minimum absolute atomic E-state index is 0.279. The molecule has 2 rings (SSSR count). The average molecular weight is 375 g/mol. The number of halogens is 1. The summed E-state index contributed by atoms with van der Waals surface area (Å²) in [6, 6.07) is 16.9. The van der Waals surface area contributed by atoms with Gasteiger partial charge in [0.1, 0.15) is 5.92 Å². The summed E-state index contributed by atoms with van der Waals surface area (Å²) in [7, 11) is 0. The van der Waals surface area contributed by atoms with Gasteiger partial charge >= 0.3 is 5.97 Å². The van der Waals surface area contributed by atoms with Crippen molar-refractivity contribution < 1.29 is 14.6 Å². The van der Waals surface area contributed by atoms with Crippen molar-refractivity contribution in [3.63, 3.8) is 0 Å². The summed E-state index contributed by atoms with van der Waals surface area (Å²) in [5.74, 6) is -1.19. The Bertz CT molecular complexity index is 650. The number of rotatable bonds is 6. The third kappa shape index (κ3) is 5.05. The maximum Gasteiger partial charge on any atom is 0.315 e. The van der Waals surface area contributed by atoms with Crippen molar-refractivity contribution in [3.05, 3.63) is 76.3 Å². The molecule has 2 aromatic carbocycles. The van der Waals surface area contributed by atoms with Gasteiger partial charge in [0.25, 0.3) is 0 Å². The molecule has 2 aromatic rings. The number of hydrogen-bond donors (Lipinski definition) is 1. The minimum atomic E-state index is -0.956. The van der Waals surface area contributed by atoms with Gasteiger partial charge in [0.2, 0.25) is 0 Å². The molecular weight excluding hydrogens is 356 g/mol. The Labute approximate surface area is 144 Å². The summed E-state index contributed by atoms with van der Waals surface area (Å²) < 4.78 is 6.02. The number of esters is 1. The molecule has 0 saturated heterocycles. The molecule has 0 fully saturated rings. The van der Waals surface area contributed by atoms with E-state index in [9.17, 15) is 9.90 Å². The van der Waals surface area contributed by atoms with Crippen LogP contribution < -0.4 is 0 Å². The molecular formula is C19H19BrO3. The van der Waals surface area contributed by atoms with Crippen molar-refractivity contribution in [2.24, 2.45) is 5.92 Å². The first-order valence-electron chi connectivity index (χ1n) is 7.45. The topological polar surface area (TPSA) is 46.5 Å². The Morgan fingerprint density at radius 2 is 1.83 bits per heavy atom. The molecule has 0 radical (unpaired) electrons. The molecule has 0 unspecified atom stereocenters. The van der Waals surface area contributed by atoms with Crippen LogP contribution in [0.15, 0.2) is 65.1 Å². The Morgan fingerprint density at radius 1 is 1.17 bits per heavy atom. The van der Waals surface area contributed by atoms with Crippen LogP contribution in [0.2, 0.25) is 0 Å². The number of carbonyl (C=O) groups excluding carboxylic acids is 1. The molecule has 0 aromatic heterocycles. The molecule has 0 aliphatic rings. The third-order valence-corrected chi connectivity index (χ3v) is 3.93. The summed E-state index contributed by atoms with van der Waals surface area (Å²) in [5.41, 5.74) is 1.63.